The van der Waals surface area contributed by atoms with Crippen molar-refractivity contribution in [1.82, 2.24) is 15.6 Å². The Kier molecular flexibility index (Phi) is 6.81. The Morgan fingerprint density at radius 3 is 2.68 bits per heavy atom. The standard InChI is InChI=1S/C21H27FN4O2/c1-15-8-10-26(11-9-15)20-7-6-16(12-23-20)13-24-21(28)25-14-19(27)17-4-2-3-5-18(17)22/h2-7,12,15,19,27H,8-11,13-14H2,1H3,(H2,24,25,28). The summed E-state index contributed by atoms with van der Waals surface area (Å²) >= 11 is 0. The molecule has 2 amide bonds. The number of halogens is 1. The predicted octanol–water partition coefficient (Wildman–Crippen LogP) is 2.99. The Morgan fingerprint density at radius 2 is 2.00 bits per heavy atom. The summed E-state index contributed by atoms with van der Waals surface area (Å²) in [4.78, 5) is 18.7. The van der Waals surface area contributed by atoms with E-state index in [4.69, 9.17) is 0 Å². The molecule has 1 fully saturated rings. The fourth-order valence-electron chi connectivity index (χ4n) is 3.24. The SMILES string of the molecule is CC1CCN(c2ccc(CNC(=O)NCC(O)c3ccccc3F)cn2)CC1. The molecular formula is C21H27FN4O2. The van der Waals surface area contributed by atoms with Crippen molar-refractivity contribution in [2.75, 3.05) is 24.5 Å². The van der Waals surface area contributed by atoms with E-state index < -0.39 is 18.0 Å². The van der Waals surface area contributed by atoms with Crippen LogP contribution < -0.4 is 15.5 Å². The highest BCUT2D eigenvalue weighted by molar-refractivity contribution is 5.73. The molecule has 7 heteroatoms. The average Bonchev–Trinajstić information content (AvgIpc) is 2.72. The molecule has 1 atom stereocenters. The molecule has 1 aliphatic heterocycles. The third-order valence-corrected chi connectivity index (χ3v) is 5.09. The molecular weight excluding hydrogens is 359 g/mol. The fraction of sp³-hybridized carbons (Fsp3) is 0.429. The highest BCUT2D eigenvalue weighted by Gasteiger charge is 2.17. The summed E-state index contributed by atoms with van der Waals surface area (Å²) in [6.45, 7) is 4.58. The van der Waals surface area contributed by atoms with Crippen molar-refractivity contribution < 1.29 is 14.3 Å². The number of piperidine rings is 1. The Labute approximate surface area is 164 Å². The number of urea groups is 1. The summed E-state index contributed by atoms with van der Waals surface area (Å²) in [5, 5.41) is 15.3. The summed E-state index contributed by atoms with van der Waals surface area (Å²) in [6, 6.07) is 9.47. The van der Waals surface area contributed by atoms with E-state index in [0.29, 0.717) is 6.54 Å². The Balaban J connectivity index is 1.42. The number of hydrogen-bond acceptors (Lipinski definition) is 4. The molecule has 150 valence electrons. The number of pyridine rings is 1. The number of nitrogens with zero attached hydrogens (tertiary/aromatic N) is 2. The molecule has 0 spiro atoms. The second-order valence-electron chi connectivity index (χ2n) is 7.30. The van der Waals surface area contributed by atoms with Crippen LogP contribution in [0.2, 0.25) is 0 Å². The first-order chi connectivity index (χ1) is 13.5. The number of rotatable bonds is 6. The van der Waals surface area contributed by atoms with Crippen LogP contribution in [-0.4, -0.2) is 35.8 Å². The number of nitrogens with one attached hydrogen (secondary N) is 2. The summed E-state index contributed by atoms with van der Waals surface area (Å²) in [7, 11) is 0. The summed E-state index contributed by atoms with van der Waals surface area (Å²) < 4.78 is 13.6. The quantitative estimate of drug-likeness (QED) is 0.713. The second kappa shape index (κ2) is 9.50. The van der Waals surface area contributed by atoms with E-state index in [9.17, 15) is 14.3 Å². The van der Waals surface area contributed by atoms with E-state index >= 15 is 0 Å². The summed E-state index contributed by atoms with van der Waals surface area (Å²) in [5.74, 6) is 1.25. The maximum atomic E-state index is 13.6. The second-order valence-corrected chi connectivity index (χ2v) is 7.30. The molecule has 1 aromatic heterocycles. The van der Waals surface area contributed by atoms with Gasteiger partial charge < -0.3 is 20.6 Å². The third-order valence-electron chi connectivity index (χ3n) is 5.09. The van der Waals surface area contributed by atoms with Crippen molar-refractivity contribution in [2.45, 2.75) is 32.4 Å². The lowest BCUT2D eigenvalue weighted by atomic mass is 9.99. The van der Waals surface area contributed by atoms with Crippen molar-refractivity contribution in [3.8, 4) is 0 Å². The van der Waals surface area contributed by atoms with Gasteiger partial charge in [0.2, 0.25) is 0 Å². The minimum absolute atomic E-state index is 0.0721. The monoisotopic (exact) mass is 386 g/mol. The molecule has 0 radical (unpaired) electrons. The number of hydrogen-bond donors (Lipinski definition) is 3. The minimum atomic E-state index is -1.10. The summed E-state index contributed by atoms with van der Waals surface area (Å²) in [6.07, 6.45) is 3.04. The molecule has 6 nitrogen and oxygen atoms in total. The molecule has 28 heavy (non-hydrogen) atoms. The largest absolute Gasteiger partial charge is 0.386 e. The van der Waals surface area contributed by atoms with Gasteiger partial charge in [0, 0.05) is 37.9 Å². The highest BCUT2D eigenvalue weighted by atomic mass is 19.1. The van der Waals surface area contributed by atoms with E-state index in [1.54, 1.807) is 18.3 Å². The number of carbonyl (C=O) groups is 1. The Hall–Kier alpha value is -2.67. The van der Waals surface area contributed by atoms with Gasteiger partial charge in [-0.3, -0.25) is 0 Å². The first kappa shape index (κ1) is 20.1. The molecule has 3 N–H and O–H groups in total. The van der Waals surface area contributed by atoms with Crippen LogP contribution >= 0.6 is 0 Å². The minimum Gasteiger partial charge on any atom is -0.386 e. The molecule has 2 heterocycles. The normalized spacial score (nSPS) is 15.9. The van der Waals surface area contributed by atoms with Crippen LogP contribution in [-0.2, 0) is 6.54 Å². The number of amides is 2. The van der Waals surface area contributed by atoms with Crippen molar-refractivity contribution in [1.29, 1.82) is 0 Å². The lowest BCUT2D eigenvalue weighted by molar-refractivity contribution is 0.169. The number of aliphatic hydroxyl groups is 1. The fourth-order valence-corrected chi connectivity index (χ4v) is 3.24. The lowest BCUT2D eigenvalue weighted by Crippen LogP contribution is -2.37. The van der Waals surface area contributed by atoms with Crippen LogP contribution in [0, 0.1) is 11.7 Å². The van der Waals surface area contributed by atoms with Gasteiger partial charge in [0.1, 0.15) is 11.6 Å². The van der Waals surface area contributed by atoms with Crippen LogP contribution in [0.25, 0.3) is 0 Å². The number of aliphatic hydroxyl groups excluding tert-OH is 1. The van der Waals surface area contributed by atoms with Gasteiger partial charge in [-0.2, -0.15) is 0 Å². The molecule has 2 aromatic rings. The molecule has 0 saturated carbocycles. The van der Waals surface area contributed by atoms with Crippen molar-refractivity contribution in [2.24, 2.45) is 5.92 Å². The predicted molar refractivity (Wildman–Crippen MR) is 106 cm³/mol. The van der Waals surface area contributed by atoms with Gasteiger partial charge in [-0.25, -0.2) is 14.2 Å². The van der Waals surface area contributed by atoms with Crippen molar-refractivity contribution in [3.63, 3.8) is 0 Å². The number of anilines is 1. The zero-order valence-electron chi connectivity index (χ0n) is 16.1. The van der Waals surface area contributed by atoms with Gasteiger partial charge in [-0.15, -0.1) is 0 Å². The molecule has 0 bridgehead atoms. The number of benzene rings is 1. The van der Waals surface area contributed by atoms with Crippen LogP contribution in [0.3, 0.4) is 0 Å². The van der Waals surface area contributed by atoms with Crippen LogP contribution in [0.4, 0.5) is 15.0 Å². The molecule has 1 unspecified atom stereocenters. The Morgan fingerprint density at radius 1 is 1.25 bits per heavy atom. The summed E-state index contributed by atoms with van der Waals surface area (Å²) in [5.41, 5.74) is 1.05. The van der Waals surface area contributed by atoms with Crippen molar-refractivity contribution >= 4 is 11.8 Å². The third kappa shape index (κ3) is 5.42. The van der Waals surface area contributed by atoms with E-state index in [2.05, 4.69) is 27.4 Å². The first-order valence-corrected chi connectivity index (χ1v) is 9.67. The Bertz CT molecular complexity index is 776. The van der Waals surface area contributed by atoms with Gasteiger partial charge in [0.15, 0.2) is 0 Å². The van der Waals surface area contributed by atoms with Gasteiger partial charge in [0.25, 0.3) is 0 Å². The van der Waals surface area contributed by atoms with Crippen LogP contribution in [0.15, 0.2) is 42.6 Å². The smallest absolute Gasteiger partial charge is 0.315 e. The maximum absolute atomic E-state index is 13.6. The van der Waals surface area contributed by atoms with Gasteiger partial charge in [-0.05, 0) is 36.5 Å². The van der Waals surface area contributed by atoms with Gasteiger partial charge in [-0.1, -0.05) is 31.2 Å². The molecule has 3 rings (SSSR count). The number of carbonyl (C=O) groups excluding carboxylic acids is 1. The molecule has 0 aliphatic carbocycles. The zero-order chi connectivity index (χ0) is 19.9. The van der Waals surface area contributed by atoms with Crippen molar-refractivity contribution in [3.05, 3.63) is 59.5 Å². The van der Waals surface area contributed by atoms with Gasteiger partial charge in [0.05, 0.1) is 6.10 Å². The van der Waals surface area contributed by atoms with E-state index in [1.165, 1.54) is 25.0 Å². The van der Waals surface area contributed by atoms with Crippen LogP contribution in [0.5, 0.6) is 0 Å². The van der Waals surface area contributed by atoms with E-state index in [0.717, 1.165) is 30.4 Å². The lowest BCUT2D eigenvalue weighted by Gasteiger charge is -2.31. The average molecular weight is 386 g/mol. The van der Waals surface area contributed by atoms with Gasteiger partial charge >= 0.3 is 6.03 Å². The zero-order valence-corrected chi connectivity index (χ0v) is 16.1. The molecule has 1 aromatic carbocycles. The topological polar surface area (TPSA) is 77.5 Å². The molecule has 1 aliphatic rings. The first-order valence-electron chi connectivity index (χ1n) is 9.67. The van der Waals surface area contributed by atoms with E-state index in [1.807, 2.05) is 12.1 Å². The number of aromatic nitrogens is 1. The highest BCUT2D eigenvalue weighted by Crippen LogP contribution is 2.21. The van der Waals surface area contributed by atoms with Crippen LogP contribution in [0.1, 0.15) is 37.0 Å². The maximum Gasteiger partial charge on any atom is 0.315 e. The molecule has 1 saturated heterocycles. The van der Waals surface area contributed by atoms with E-state index in [-0.39, 0.29) is 12.1 Å².